The number of hydrogen-bond donors (Lipinski definition) is 1. The molecule has 0 saturated carbocycles. The van der Waals surface area contributed by atoms with Gasteiger partial charge in [0.2, 0.25) is 0 Å². The summed E-state index contributed by atoms with van der Waals surface area (Å²) in [6.07, 6.45) is 1.96. The Morgan fingerprint density at radius 2 is 2.07 bits per heavy atom. The van der Waals surface area contributed by atoms with Gasteiger partial charge in [0, 0.05) is 32.3 Å². The van der Waals surface area contributed by atoms with E-state index in [1.165, 1.54) is 9.75 Å². The molecule has 1 aromatic rings. The summed E-state index contributed by atoms with van der Waals surface area (Å²) in [4.78, 5) is 2.58. The van der Waals surface area contributed by atoms with Crippen molar-refractivity contribution in [2.75, 3.05) is 5.75 Å². The molecule has 0 aliphatic heterocycles. The molecule has 0 fully saturated rings. The molecule has 4 heteroatoms. The van der Waals surface area contributed by atoms with Gasteiger partial charge in [-0.1, -0.05) is 13.8 Å². The minimum Gasteiger partial charge on any atom is -0.327 e. The highest BCUT2D eigenvalue weighted by Crippen LogP contribution is 2.18. The summed E-state index contributed by atoms with van der Waals surface area (Å²) in [6, 6.07) is 4.28. The van der Waals surface area contributed by atoms with Crippen molar-refractivity contribution in [1.29, 1.82) is 0 Å². The maximum absolute atomic E-state index is 11.7. The molecule has 0 amide bonds. The first-order valence-electron chi connectivity index (χ1n) is 5.33. The largest absolute Gasteiger partial charge is 0.327 e. The third-order valence-corrected chi connectivity index (χ3v) is 5.14. The van der Waals surface area contributed by atoms with E-state index in [1.807, 2.05) is 6.92 Å². The molecule has 1 aromatic heterocycles. The van der Waals surface area contributed by atoms with E-state index in [2.05, 4.69) is 19.1 Å². The van der Waals surface area contributed by atoms with Gasteiger partial charge in [-0.15, -0.1) is 11.3 Å². The standard InChI is InChI=1S/C11H19NOS2/c1-3-9(12)7-15(13)8-11-6-5-10(4-2)14-11/h5-6,9H,3-4,7-8,12H2,1-2H3. The average Bonchev–Trinajstić information content (AvgIpc) is 2.65. The van der Waals surface area contributed by atoms with Gasteiger partial charge < -0.3 is 5.73 Å². The van der Waals surface area contributed by atoms with Gasteiger partial charge in [-0.25, -0.2) is 0 Å². The molecule has 0 spiro atoms. The zero-order chi connectivity index (χ0) is 11.3. The van der Waals surface area contributed by atoms with Gasteiger partial charge >= 0.3 is 0 Å². The molecule has 0 aliphatic rings. The number of aryl methyl sites for hydroxylation is 1. The molecule has 0 aromatic carbocycles. The number of nitrogens with two attached hydrogens (primary N) is 1. The topological polar surface area (TPSA) is 43.1 Å². The second-order valence-electron chi connectivity index (χ2n) is 3.64. The van der Waals surface area contributed by atoms with Crippen molar-refractivity contribution in [3.63, 3.8) is 0 Å². The van der Waals surface area contributed by atoms with E-state index in [9.17, 15) is 4.21 Å². The molecule has 2 atom stereocenters. The van der Waals surface area contributed by atoms with Crippen molar-refractivity contribution in [2.45, 2.75) is 38.5 Å². The van der Waals surface area contributed by atoms with E-state index in [1.54, 1.807) is 11.3 Å². The van der Waals surface area contributed by atoms with Crippen molar-refractivity contribution in [2.24, 2.45) is 5.73 Å². The van der Waals surface area contributed by atoms with Crippen LogP contribution in [-0.4, -0.2) is 16.0 Å². The van der Waals surface area contributed by atoms with Gasteiger partial charge in [0.25, 0.3) is 0 Å². The number of hydrogen-bond acceptors (Lipinski definition) is 3. The van der Waals surface area contributed by atoms with Crippen LogP contribution in [0.3, 0.4) is 0 Å². The summed E-state index contributed by atoms with van der Waals surface area (Å²) < 4.78 is 11.7. The van der Waals surface area contributed by atoms with Crippen LogP contribution in [0.5, 0.6) is 0 Å². The van der Waals surface area contributed by atoms with E-state index in [-0.39, 0.29) is 6.04 Å². The maximum Gasteiger partial charge on any atom is 0.0580 e. The van der Waals surface area contributed by atoms with Crippen LogP contribution in [0, 0.1) is 0 Å². The van der Waals surface area contributed by atoms with E-state index in [4.69, 9.17) is 5.73 Å². The first kappa shape index (κ1) is 12.9. The predicted octanol–water partition coefficient (Wildman–Crippen LogP) is 2.30. The van der Waals surface area contributed by atoms with E-state index in [0.717, 1.165) is 12.8 Å². The molecule has 0 aliphatic carbocycles. The highest BCUT2D eigenvalue weighted by Gasteiger charge is 2.08. The minimum atomic E-state index is -0.804. The van der Waals surface area contributed by atoms with Crippen molar-refractivity contribution in [3.8, 4) is 0 Å². The Bertz CT molecular complexity index is 322. The summed E-state index contributed by atoms with van der Waals surface area (Å²) in [6.45, 7) is 4.17. The molecule has 1 heterocycles. The quantitative estimate of drug-likeness (QED) is 0.835. The van der Waals surface area contributed by atoms with Crippen LogP contribution in [-0.2, 0) is 23.0 Å². The second kappa shape index (κ2) is 6.40. The van der Waals surface area contributed by atoms with Gasteiger partial charge in [-0.2, -0.15) is 0 Å². The summed E-state index contributed by atoms with van der Waals surface area (Å²) in [5.41, 5.74) is 5.77. The zero-order valence-corrected chi connectivity index (χ0v) is 11.0. The van der Waals surface area contributed by atoms with E-state index < -0.39 is 10.8 Å². The van der Waals surface area contributed by atoms with Crippen molar-refractivity contribution in [3.05, 3.63) is 21.9 Å². The normalized spacial score (nSPS) is 15.1. The Hall–Kier alpha value is -0.190. The third kappa shape index (κ3) is 4.45. The second-order valence-corrected chi connectivity index (χ2v) is 6.40. The smallest absolute Gasteiger partial charge is 0.0580 e. The third-order valence-electron chi connectivity index (χ3n) is 2.29. The van der Waals surface area contributed by atoms with Crippen LogP contribution >= 0.6 is 11.3 Å². The first-order valence-corrected chi connectivity index (χ1v) is 7.64. The zero-order valence-electron chi connectivity index (χ0n) is 9.36. The van der Waals surface area contributed by atoms with Crippen LogP contribution in [0.1, 0.15) is 30.0 Å². The summed E-state index contributed by atoms with van der Waals surface area (Å²) >= 11 is 1.76. The lowest BCUT2D eigenvalue weighted by Gasteiger charge is -2.06. The molecule has 1 rings (SSSR count). The van der Waals surface area contributed by atoms with Gasteiger partial charge in [0.15, 0.2) is 0 Å². The fraction of sp³-hybridized carbons (Fsp3) is 0.636. The van der Waals surface area contributed by atoms with Gasteiger partial charge in [-0.05, 0) is 25.0 Å². The van der Waals surface area contributed by atoms with Gasteiger partial charge in [0.05, 0.1) is 5.75 Å². The molecular weight excluding hydrogens is 226 g/mol. The number of thiophene rings is 1. The van der Waals surface area contributed by atoms with Crippen molar-refractivity contribution >= 4 is 22.1 Å². The van der Waals surface area contributed by atoms with Crippen LogP contribution in [0.2, 0.25) is 0 Å². The van der Waals surface area contributed by atoms with E-state index in [0.29, 0.717) is 11.5 Å². The maximum atomic E-state index is 11.7. The summed E-state index contributed by atoms with van der Waals surface area (Å²) in [7, 11) is -0.804. The number of rotatable bonds is 6. The molecule has 0 saturated heterocycles. The Balaban J connectivity index is 2.44. The van der Waals surface area contributed by atoms with Crippen molar-refractivity contribution < 1.29 is 4.21 Å². The Morgan fingerprint density at radius 1 is 1.40 bits per heavy atom. The molecular formula is C11H19NOS2. The lowest BCUT2D eigenvalue weighted by Crippen LogP contribution is -2.26. The molecule has 2 unspecified atom stereocenters. The monoisotopic (exact) mass is 245 g/mol. The van der Waals surface area contributed by atoms with Crippen LogP contribution in [0.25, 0.3) is 0 Å². The fourth-order valence-corrected chi connectivity index (χ4v) is 3.89. The summed E-state index contributed by atoms with van der Waals surface area (Å²) in [5.74, 6) is 1.29. The SMILES string of the molecule is CCc1ccc(CS(=O)CC(N)CC)s1. The first-order chi connectivity index (χ1) is 7.15. The molecule has 0 radical (unpaired) electrons. The van der Waals surface area contributed by atoms with Gasteiger partial charge in [-0.3, -0.25) is 4.21 Å². The highest BCUT2D eigenvalue weighted by molar-refractivity contribution is 7.84. The minimum absolute atomic E-state index is 0.0800. The fourth-order valence-electron chi connectivity index (χ4n) is 1.26. The Kier molecular flexibility index (Phi) is 5.50. The summed E-state index contributed by atoms with van der Waals surface area (Å²) in [5, 5.41) is 0. The van der Waals surface area contributed by atoms with Crippen LogP contribution < -0.4 is 5.73 Å². The Labute approximate surface area is 98.3 Å². The van der Waals surface area contributed by atoms with Gasteiger partial charge in [0.1, 0.15) is 0 Å². The van der Waals surface area contributed by atoms with Crippen LogP contribution in [0.4, 0.5) is 0 Å². The predicted molar refractivity (Wildman–Crippen MR) is 68.7 cm³/mol. The molecule has 2 nitrogen and oxygen atoms in total. The lowest BCUT2D eigenvalue weighted by atomic mass is 10.3. The van der Waals surface area contributed by atoms with Crippen molar-refractivity contribution in [1.82, 2.24) is 0 Å². The average molecular weight is 245 g/mol. The molecule has 86 valence electrons. The lowest BCUT2D eigenvalue weighted by molar-refractivity contribution is 0.663. The molecule has 2 N–H and O–H groups in total. The van der Waals surface area contributed by atoms with Crippen LogP contribution in [0.15, 0.2) is 12.1 Å². The van der Waals surface area contributed by atoms with E-state index >= 15 is 0 Å². The molecule has 0 bridgehead atoms. The Morgan fingerprint density at radius 3 is 2.60 bits per heavy atom. The molecule has 15 heavy (non-hydrogen) atoms. The highest BCUT2D eigenvalue weighted by atomic mass is 32.2.